The zero-order valence-corrected chi connectivity index (χ0v) is 11.2. The molecule has 3 atom stereocenters. The summed E-state index contributed by atoms with van der Waals surface area (Å²) in [6, 6.07) is 3.97. The highest BCUT2D eigenvalue weighted by molar-refractivity contribution is 7.12. The van der Waals surface area contributed by atoms with Crippen molar-refractivity contribution in [2.75, 3.05) is 20.3 Å². The first-order chi connectivity index (χ1) is 8.81. The molecule has 3 heterocycles. The van der Waals surface area contributed by atoms with Gasteiger partial charge in [-0.1, -0.05) is 6.07 Å². The first-order valence-corrected chi connectivity index (χ1v) is 7.18. The van der Waals surface area contributed by atoms with Crippen molar-refractivity contribution < 1.29 is 14.3 Å². The van der Waals surface area contributed by atoms with Gasteiger partial charge in [-0.25, -0.2) is 0 Å². The van der Waals surface area contributed by atoms with Crippen LogP contribution in [0, 0.1) is 0 Å². The molecule has 3 rings (SSSR count). The van der Waals surface area contributed by atoms with Gasteiger partial charge < -0.3 is 14.4 Å². The Balaban J connectivity index is 1.82. The number of amides is 1. The number of carbonyl (C=O) groups is 1. The van der Waals surface area contributed by atoms with Gasteiger partial charge in [0.2, 0.25) is 0 Å². The van der Waals surface area contributed by atoms with Crippen LogP contribution in [-0.4, -0.2) is 49.3 Å². The molecular formula is C13H17NO3S. The molecule has 2 aliphatic heterocycles. The van der Waals surface area contributed by atoms with Crippen LogP contribution in [0.3, 0.4) is 0 Å². The molecule has 1 aromatic rings. The number of fused-ring (bicyclic) bond motifs is 1. The Hall–Kier alpha value is -0.910. The van der Waals surface area contributed by atoms with Crippen LogP contribution < -0.4 is 0 Å². The Morgan fingerprint density at radius 2 is 2.50 bits per heavy atom. The summed E-state index contributed by atoms with van der Waals surface area (Å²) in [4.78, 5) is 15.2. The topological polar surface area (TPSA) is 38.8 Å². The third-order valence-electron chi connectivity index (χ3n) is 3.77. The molecule has 0 bridgehead atoms. The van der Waals surface area contributed by atoms with Crippen LogP contribution >= 0.6 is 11.3 Å². The predicted molar refractivity (Wildman–Crippen MR) is 68.9 cm³/mol. The van der Waals surface area contributed by atoms with Crippen molar-refractivity contribution in [3.63, 3.8) is 0 Å². The monoisotopic (exact) mass is 267 g/mol. The normalized spacial score (nSPS) is 31.4. The lowest BCUT2D eigenvalue weighted by Gasteiger charge is -2.31. The Morgan fingerprint density at radius 3 is 3.22 bits per heavy atom. The van der Waals surface area contributed by atoms with Gasteiger partial charge in [0.1, 0.15) is 12.2 Å². The molecule has 0 unspecified atom stereocenters. The zero-order chi connectivity index (χ0) is 12.5. The van der Waals surface area contributed by atoms with Crippen molar-refractivity contribution in [1.82, 2.24) is 4.90 Å². The van der Waals surface area contributed by atoms with E-state index in [1.807, 2.05) is 22.4 Å². The molecular weight excluding hydrogens is 250 g/mol. The highest BCUT2D eigenvalue weighted by atomic mass is 32.1. The van der Waals surface area contributed by atoms with E-state index in [0.717, 1.165) is 24.3 Å². The van der Waals surface area contributed by atoms with Crippen molar-refractivity contribution in [3.05, 3.63) is 22.4 Å². The van der Waals surface area contributed by atoms with E-state index in [0.29, 0.717) is 6.54 Å². The Kier molecular flexibility index (Phi) is 3.37. The fourth-order valence-corrected chi connectivity index (χ4v) is 3.57. The lowest BCUT2D eigenvalue weighted by Crippen LogP contribution is -2.43. The molecule has 18 heavy (non-hydrogen) atoms. The van der Waals surface area contributed by atoms with Gasteiger partial charge >= 0.3 is 0 Å². The highest BCUT2D eigenvalue weighted by Gasteiger charge is 2.46. The third-order valence-corrected chi connectivity index (χ3v) is 4.63. The molecule has 1 aromatic heterocycles. The van der Waals surface area contributed by atoms with Crippen LogP contribution in [-0.2, 0) is 9.47 Å². The van der Waals surface area contributed by atoms with E-state index in [-0.39, 0.29) is 24.2 Å². The Bertz CT molecular complexity index is 420. The summed E-state index contributed by atoms with van der Waals surface area (Å²) in [7, 11) is 1.69. The average Bonchev–Trinajstić information content (AvgIpc) is 3.05. The molecule has 0 saturated carbocycles. The summed E-state index contributed by atoms with van der Waals surface area (Å²) in [5.41, 5.74) is 0. The van der Waals surface area contributed by atoms with Gasteiger partial charge in [-0.15, -0.1) is 11.3 Å². The summed E-state index contributed by atoms with van der Waals surface area (Å²) in [5.74, 6) is 0.116. The minimum Gasteiger partial charge on any atom is -0.377 e. The lowest BCUT2D eigenvalue weighted by molar-refractivity contribution is -0.0639. The molecule has 98 valence electrons. The Labute approximate surface area is 110 Å². The van der Waals surface area contributed by atoms with Gasteiger partial charge in [0.25, 0.3) is 5.91 Å². The second-order valence-corrected chi connectivity index (χ2v) is 5.70. The van der Waals surface area contributed by atoms with Crippen molar-refractivity contribution in [2.24, 2.45) is 0 Å². The van der Waals surface area contributed by atoms with Crippen molar-refractivity contribution >= 4 is 17.2 Å². The van der Waals surface area contributed by atoms with E-state index in [4.69, 9.17) is 9.47 Å². The summed E-state index contributed by atoms with van der Waals surface area (Å²) in [6.45, 7) is 1.42. The average molecular weight is 267 g/mol. The summed E-state index contributed by atoms with van der Waals surface area (Å²) in [5, 5.41) is 1.94. The standard InChI is InChI=1S/C13H17NO3S/c1-16-10-8-14(9-4-2-6-17-12(9)10)13(15)11-5-3-7-18-11/h3,5,7,9-10,12H,2,4,6,8H2,1H3/t9-,10+,12+/m0/s1. The van der Waals surface area contributed by atoms with Gasteiger partial charge in [0.05, 0.1) is 17.5 Å². The van der Waals surface area contributed by atoms with Gasteiger partial charge in [-0.05, 0) is 24.3 Å². The first kappa shape index (κ1) is 12.1. The maximum Gasteiger partial charge on any atom is 0.264 e. The number of carbonyl (C=O) groups excluding carboxylic acids is 1. The summed E-state index contributed by atoms with van der Waals surface area (Å²) in [6.07, 6.45) is 2.10. The van der Waals surface area contributed by atoms with Crippen LogP contribution in [0.2, 0.25) is 0 Å². The SMILES string of the molecule is CO[C@@H]1CN(C(=O)c2cccs2)[C@H]2CCCO[C@@H]12. The van der Waals surface area contributed by atoms with Crippen LogP contribution in [0.5, 0.6) is 0 Å². The maximum atomic E-state index is 12.4. The van der Waals surface area contributed by atoms with Crippen molar-refractivity contribution in [1.29, 1.82) is 0 Å². The van der Waals surface area contributed by atoms with E-state index >= 15 is 0 Å². The number of rotatable bonds is 2. The lowest BCUT2D eigenvalue weighted by atomic mass is 10.0. The molecule has 2 saturated heterocycles. The number of thiophene rings is 1. The number of methoxy groups -OCH3 is 1. The van der Waals surface area contributed by atoms with Gasteiger partial charge in [-0.3, -0.25) is 4.79 Å². The highest BCUT2D eigenvalue weighted by Crippen LogP contribution is 2.32. The maximum absolute atomic E-state index is 12.4. The van der Waals surface area contributed by atoms with E-state index in [9.17, 15) is 4.79 Å². The van der Waals surface area contributed by atoms with E-state index in [1.165, 1.54) is 11.3 Å². The fraction of sp³-hybridized carbons (Fsp3) is 0.615. The second kappa shape index (κ2) is 4.99. The molecule has 0 aliphatic carbocycles. The van der Waals surface area contributed by atoms with E-state index in [1.54, 1.807) is 7.11 Å². The van der Waals surface area contributed by atoms with Crippen LogP contribution in [0.15, 0.2) is 17.5 Å². The summed E-state index contributed by atoms with van der Waals surface area (Å²) < 4.78 is 11.3. The number of hydrogen-bond donors (Lipinski definition) is 0. The number of hydrogen-bond acceptors (Lipinski definition) is 4. The molecule has 0 aromatic carbocycles. The smallest absolute Gasteiger partial charge is 0.264 e. The van der Waals surface area contributed by atoms with E-state index < -0.39 is 0 Å². The second-order valence-electron chi connectivity index (χ2n) is 4.75. The third kappa shape index (κ3) is 1.96. The number of likely N-dealkylation sites (tertiary alicyclic amines) is 1. The first-order valence-electron chi connectivity index (χ1n) is 6.30. The van der Waals surface area contributed by atoms with Gasteiger partial charge in [0.15, 0.2) is 0 Å². The molecule has 1 amide bonds. The number of ether oxygens (including phenoxy) is 2. The molecule has 5 heteroatoms. The van der Waals surface area contributed by atoms with Gasteiger partial charge in [0, 0.05) is 13.7 Å². The zero-order valence-electron chi connectivity index (χ0n) is 10.4. The van der Waals surface area contributed by atoms with Crippen molar-refractivity contribution in [2.45, 2.75) is 31.1 Å². The molecule has 0 spiro atoms. The minimum absolute atomic E-state index is 0.0132. The Morgan fingerprint density at radius 1 is 1.61 bits per heavy atom. The summed E-state index contributed by atoms with van der Waals surface area (Å²) >= 11 is 1.49. The largest absolute Gasteiger partial charge is 0.377 e. The quantitative estimate of drug-likeness (QED) is 0.819. The molecule has 0 N–H and O–H groups in total. The fourth-order valence-electron chi connectivity index (χ4n) is 2.89. The van der Waals surface area contributed by atoms with Crippen molar-refractivity contribution in [3.8, 4) is 0 Å². The van der Waals surface area contributed by atoms with Gasteiger partial charge in [-0.2, -0.15) is 0 Å². The van der Waals surface area contributed by atoms with Crippen LogP contribution in [0.4, 0.5) is 0 Å². The number of nitrogens with zero attached hydrogens (tertiary/aromatic N) is 1. The van der Waals surface area contributed by atoms with Crippen LogP contribution in [0.25, 0.3) is 0 Å². The molecule has 0 radical (unpaired) electrons. The molecule has 2 aliphatic rings. The molecule has 4 nitrogen and oxygen atoms in total. The van der Waals surface area contributed by atoms with Crippen LogP contribution in [0.1, 0.15) is 22.5 Å². The van der Waals surface area contributed by atoms with E-state index in [2.05, 4.69) is 0 Å². The minimum atomic E-state index is 0.0132. The predicted octanol–water partition coefficient (Wildman–Crippen LogP) is 1.77. The molecule has 2 fully saturated rings.